The second-order valence-corrected chi connectivity index (χ2v) is 7.00. The molecule has 0 heterocycles. The van der Waals surface area contributed by atoms with Gasteiger partial charge in [-0.2, -0.15) is 0 Å². The molecule has 0 N–H and O–H groups in total. The van der Waals surface area contributed by atoms with Crippen LogP contribution in [0, 0.1) is 0 Å². The van der Waals surface area contributed by atoms with Crippen molar-refractivity contribution in [2.45, 2.75) is 39.3 Å². The molecule has 0 aliphatic heterocycles. The smallest absolute Gasteiger partial charge is 0.253 e. The summed E-state index contributed by atoms with van der Waals surface area (Å²) in [4.78, 5) is 28.1. The van der Waals surface area contributed by atoms with E-state index in [1.165, 1.54) is 0 Å². The van der Waals surface area contributed by atoms with Crippen LogP contribution in [0.3, 0.4) is 0 Å². The summed E-state index contributed by atoms with van der Waals surface area (Å²) in [6.45, 7) is 4.72. The predicted molar refractivity (Wildman–Crippen MR) is 105 cm³/mol. The minimum Gasteiger partial charge on any atom is -0.345 e. The van der Waals surface area contributed by atoms with E-state index in [0.29, 0.717) is 24.9 Å². The standard InChI is InChI=1S/C22H28N2O2/c1-17(2)24(16-19-8-6-5-7-9-19)21(25)15-12-18-10-13-20(14-11-18)22(26)23(3)4/h5-11,13-14,17H,12,15-16H2,1-4H3. The Bertz CT molecular complexity index is 722. The van der Waals surface area contributed by atoms with E-state index in [2.05, 4.69) is 0 Å². The third-order valence-corrected chi connectivity index (χ3v) is 4.37. The highest BCUT2D eigenvalue weighted by Gasteiger charge is 2.17. The molecule has 0 unspecified atom stereocenters. The van der Waals surface area contributed by atoms with Crippen molar-refractivity contribution in [1.29, 1.82) is 0 Å². The summed E-state index contributed by atoms with van der Waals surface area (Å²) in [6.07, 6.45) is 1.14. The maximum absolute atomic E-state index is 12.7. The lowest BCUT2D eigenvalue weighted by molar-refractivity contribution is -0.133. The molecule has 4 nitrogen and oxygen atoms in total. The van der Waals surface area contributed by atoms with Gasteiger partial charge in [-0.05, 0) is 43.5 Å². The number of benzene rings is 2. The van der Waals surface area contributed by atoms with Gasteiger partial charge in [0, 0.05) is 38.7 Å². The third-order valence-electron chi connectivity index (χ3n) is 4.37. The lowest BCUT2D eigenvalue weighted by Crippen LogP contribution is -2.36. The average molecular weight is 352 g/mol. The van der Waals surface area contributed by atoms with Crippen LogP contribution in [0.1, 0.15) is 41.8 Å². The lowest BCUT2D eigenvalue weighted by atomic mass is 10.1. The van der Waals surface area contributed by atoms with Gasteiger partial charge in [0.15, 0.2) is 0 Å². The van der Waals surface area contributed by atoms with Crippen LogP contribution in [0.25, 0.3) is 0 Å². The molecule has 4 heteroatoms. The normalized spacial score (nSPS) is 10.7. The first-order valence-electron chi connectivity index (χ1n) is 9.02. The molecule has 0 saturated heterocycles. The number of hydrogen-bond acceptors (Lipinski definition) is 2. The highest BCUT2D eigenvalue weighted by Crippen LogP contribution is 2.13. The molecule has 26 heavy (non-hydrogen) atoms. The molecular weight excluding hydrogens is 324 g/mol. The van der Waals surface area contributed by atoms with Crippen molar-refractivity contribution in [3.63, 3.8) is 0 Å². The van der Waals surface area contributed by atoms with E-state index in [1.54, 1.807) is 19.0 Å². The van der Waals surface area contributed by atoms with Crippen molar-refractivity contribution >= 4 is 11.8 Å². The van der Waals surface area contributed by atoms with Crippen molar-refractivity contribution in [1.82, 2.24) is 9.80 Å². The Morgan fingerprint density at radius 2 is 1.50 bits per heavy atom. The molecular formula is C22H28N2O2. The van der Waals surface area contributed by atoms with Gasteiger partial charge >= 0.3 is 0 Å². The van der Waals surface area contributed by atoms with Crippen LogP contribution in [0.2, 0.25) is 0 Å². The van der Waals surface area contributed by atoms with Crippen molar-refractivity contribution in [3.8, 4) is 0 Å². The first kappa shape index (κ1) is 19.7. The molecule has 0 aliphatic carbocycles. The number of nitrogens with zero attached hydrogens (tertiary/aromatic N) is 2. The fraction of sp³-hybridized carbons (Fsp3) is 0.364. The predicted octanol–water partition coefficient (Wildman–Crippen LogP) is 3.76. The van der Waals surface area contributed by atoms with Crippen molar-refractivity contribution in [2.24, 2.45) is 0 Å². The van der Waals surface area contributed by atoms with Gasteiger partial charge in [-0.1, -0.05) is 42.5 Å². The highest BCUT2D eigenvalue weighted by atomic mass is 16.2. The maximum Gasteiger partial charge on any atom is 0.253 e. The van der Waals surface area contributed by atoms with Gasteiger partial charge in [0.25, 0.3) is 5.91 Å². The Labute approximate surface area is 156 Å². The molecule has 2 rings (SSSR count). The number of rotatable bonds is 7. The zero-order chi connectivity index (χ0) is 19.1. The summed E-state index contributed by atoms with van der Waals surface area (Å²) in [5.74, 6) is 0.138. The molecule has 0 fully saturated rings. The second-order valence-electron chi connectivity index (χ2n) is 7.00. The molecule has 2 amide bonds. The SMILES string of the molecule is CC(C)N(Cc1ccccc1)C(=O)CCc1ccc(C(=O)N(C)C)cc1. The minimum atomic E-state index is -0.0125. The number of aryl methyl sites for hydroxylation is 1. The summed E-state index contributed by atoms with van der Waals surface area (Å²) < 4.78 is 0. The van der Waals surface area contributed by atoms with Crippen LogP contribution < -0.4 is 0 Å². The van der Waals surface area contributed by atoms with E-state index in [1.807, 2.05) is 73.3 Å². The van der Waals surface area contributed by atoms with E-state index in [0.717, 1.165) is 11.1 Å². The van der Waals surface area contributed by atoms with Crippen LogP contribution in [0.15, 0.2) is 54.6 Å². The van der Waals surface area contributed by atoms with E-state index in [9.17, 15) is 9.59 Å². The molecule has 0 aromatic heterocycles. The summed E-state index contributed by atoms with van der Waals surface area (Å²) in [5.41, 5.74) is 2.87. The average Bonchev–Trinajstić information content (AvgIpc) is 2.64. The largest absolute Gasteiger partial charge is 0.345 e. The fourth-order valence-electron chi connectivity index (χ4n) is 2.81. The zero-order valence-corrected chi connectivity index (χ0v) is 16.1. The number of carbonyl (C=O) groups is 2. The van der Waals surface area contributed by atoms with Gasteiger partial charge in [-0.25, -0.2) is 0 Å². The van der Waals surface area contributed by atoms with Gasteiger partial charge in [-0.15, -0.1) is 0 Å². The molecule has 0 bridgehead atoms. The number of hydrogen-bond donors (Lipinski definition) is 0. The summed E-state index contributed by atoms with van der Waals surface area (Å²) >= 11 is 0. The fourth-order valence-corrected chi connectivity index (χ4v) is 2.81. The molecule has 2 aromatic rings. The van der Waals surface area contributed by atoms with Crippen LogP contribution in [0.4, 0.5) is 0 Å². The third kappa shape index (κ3) is 5.45. The summed E-state index contributed by atoms with van der Waals surface area (Å²) in [5, 5.41) is 0. The molecule has 138 valence electrons. The Kier molecular flexibility index (Phi) is 6.96. The topological polar surface area (TPSA) is 40.6 Å². The van der Waals surface area contributed by atoms with Crippen molar-refractivity contribution in [2.75, 3.05) is 14.1 Å². The quantitative estimate of drug-likeness (QED) is 0.761. The van der Waals surface area contributed by atoms with Gasteiger partial charge in [0.2, 0.25) is 5.91 Å². The lowest BCUT2D eigenvalue weighted by Gasteiger charge is -2.27. The Morgan fingerprint density at radius 1 is 0.885 bits per heavy atom. The summed E-state index contributed by atoms with van der Waals surface area (Å²) in [6, 6.07) is 17.7. The van der Waals surface area contributed by atoms with Gasteiger partial charge < -0.3 is 9.80 Å². The van der Waals surface area contributed by atoms with Gasteiger partial charge in [0.1, 0.15) is 0 Å². The van der Waals surface area contributed by atoms with Crippen molar-refractivity contribution in [3.05, 3.63) is 71.3 Å². The molecule has 0 saturated carbocycles. The van der Waals surface area contributed by atoms with Crippen LogP contribution in [-0.4, -0.2) is 41.8 Å². The second kappa shape index (κ2) is 9.18. The molecule has 0 atom stereocenters. The highest BCUT2D eigenvalue weighted by molar-refractivity contribution is 5.93. The van der Waals surface area contributed by atoms with Crippen LogP contribution >= 0.6 is 0 Å². The number of carbonyl (C=O) groups excluding carboxylic acids is 2. The number of amides is 2. The summed E-state index contributed by atoms with van der Waals surface area (Å²) in [7, 11) is 3.48. The zero-order valence-electron chi connectivity index (χ0n) is 16.1. The van der Waals surface area contributed by atoms with E-state index >= 15 is 0 Å². The Morgan fingerprint density at radius 3 is 2.04 bits per heavy atom. The van der Waals surface area contributed by atoms with E-state index < -0.39 is 0 Å². The van der Waals surface area contributed by atoms with Crippen LogP contribution in [0.5, 0.6) is 0 Å². The monoisotopic (exact) mass is 352 g/mol. The molecule has 0 spiro atoms. The van der Waals surface area contributed by atoms with Crippen LogP contribution in [-0.2, 0) is 17.8 Å². The van der Waals surface area contributed by atoms with Gasteiger partial charge in [0.05, 0.1) is 0 Å². The van der Waals surface area contributed by atoms with E-state index in [-0.39, 0.29) is 17.9 Å². The minimum absolute atomic E-state index is 0.0125. The first-order valence-corrected chi connectivity index (χ1v) is 9.02. The maximum atomic E-state index is 12.7. The van der Waals surface area contributed by atoms with Gasteiger partial charge in [-0.3, -0.25) is 9.59 Å². The Hall–Kier alpha value is -2.62. The van der Waals surface area contributed by atoms with E-state index in [4.69, 9.17) is 0 Å². The molecule has 0 aliphatic rings. The molecule has 2 aromatic carbocycles. The Balaban J connectivity index is 1.96. The molecule has 0 radical (unpaired) electrons. The first-order chi connectivity index (χ1) is 12.4. The van der Waals surface area contributed by atoms with Crippen molar-refractivity contribution < 1.29 is 9.59 Å².